The Labute approximate surface area is 76.2 Å². The largest absolute Gasteiger partial charge is 0.316 e. The van der Waals surface area contributed by atoms with Gasteiger partial charge >= 0.3 is 0 Å². The molecule has 1 nitrogen and oxygen atoms in total. The SMILES string of the molecule is C=C1CCNCC1CCCCC. The molecule has 12 heavy (non-hydrogen) atoms. The maximum atomic E-state index is 4.13. The lowest BCUT2D eigenvalue weighted by molar-refractivity contribution is 0.431. The van der Waals surface area contributed by atoms with Crippen molar-refractivity contribution in [1.82, 2.24) is 5.32 Å². The minimum absolute atomic E-state index is 0.769. The number of nitrogens with one attached hydrogen (secondary N) is 1. The van der Waals surface area contributed by atoms with E-state index in [0.717, 1.165) is 12.5 Å². The van der Waals surface area contributed by atoms with Crippen LogP contribution < -0.4 is 5.32 Å². The molecule has 1 N–H and O–H groups in total. The van der Waals surface area contributed by atoms with Gasteiger partial charge in [0.05, 0.1) is 0 Å². The van der Waals surface area contributed by atoms with Crippen LogP contribution in [0.1, 0.15) is 39.0 Å². The first-order valence-electron chi connectivity index (χ1n) is 5.23. The van der Waals surface area contributed by atoms with Crippen molar-refractivity contribution in [2.75, 3.05) is 13.1 Å². The first-order chi connectivity index (χ1) is 5.84. The van der Waals surface area contributed by atoms with Gasteiger partial charge in [0, 0.05) is 6.54 Å². The van der Waals surface area contributed by atoms with E-state index in [0.29, 0.717) is 0 Å². The fraction of sp³-hybridized carbons (Fsp3) is 0.818. The van der Waals surface area contributed by atoms with Gasteiger partial charge in [-0.1, -0.05) is 38.3 Å². The number of hydrogen-bond donors (Lipinski definition) is 1. The molecule has 1 fully saturated rings. The van der Waals surface area contributed by atoms with Crippen LogP contribution in [0.5, 0.6) is 0 Å². The molecule has 0 aromatic carbocycles. The number of piperidine rings is 1. The van der Waals surface area contributed by atoms with Crippen LogP contribution >= 0.6 is 0 Å². The Morgan fingerprint density at radius 1 is 1.50 bits per heavy atom. The zero-order valence-electron chi connectivity index (χ0n) is 8.23. The van der Waals surface area contributed by atoms with E-state index in [2.05, 4.69) is 18.8 Å². The monoisotopic (exact) mass is 167 g/mol. The minimum atomic E-state index is 0.769. The van der Waals surface area contributed by atoms with E-state index in [1.807, 2.05) is 0 Å². The molecule has 0 spiro atoms. The van der Waals surface area contributed by atoms with Crippen molar-refractivity contribution in [3.8, 4) is 0 Å². The van der Waals surface area contributed by atoms with Gasteiger partial charge in [0.25, 0.3) is 0 Å². The lowest BCUT2D eigenvalue weighted by Gasteiger charge is -2.25. The molecule has 0 aromatic rings. The van der Waals surface area contributed by atoms with Crippen molar-refractivity contribution in [1.29, 1.82) is 0 Å². The van der Waals surface area contributed by atoms with E-state index < -0.39 is 0 Å². The molecule has 1 saturated heterocycles. The van der Waals surface area contributed by atoms with Crippen molar-refractivity contribution < 1.29 is 0 Å². The summed E-state index contributed by atoms with van der Waals surface area (Å²) in [5.74, 6) is 0.769. The van der Waals surface area contributed by atoms with Gasteiger partial charge in [-0.05, 0) is 25.3 Å². The van der Waals surface area contributed by atoms with Gasteiger partial charge in [-0.15, -0.1) is 0 Å². The van der Waals surface area contributed by atoms with E-state index in [-0.39, 0.29) is 0 Å². The standard InChI is InChI=1S/C11H21N/c1-3-4-5-6-11-9-12-8-7-10(11)2/h11-12H,2-9H2,1H3. The van der Waals surface area contributed by atoms with Crippen molar-refractivity contribution >= 4 is 0 Å². The topological polar surface area (TPSA) is 12.0 Å². The molecule has 1 heteroatoms. The van der Waals surface area contributed by atoms with E-state index in [1.54, 1.807) is 0 Å². The van der Waals surface area contributed by atoms with Crippen LogP contribution in [0.15, 0.2) is 12.2 Å². The van der Waals surface area contributed by atoms with Crippen molar-refractivity contribution in [3.05, 3.63) is 12.2 Å². The van der Waals surface area contributed by atoms with Crippen LogP contribution in [0.3, 0.4) is 0 Å². The third kappa shape index (κ3) is 2.98. The highest BCUT2D eigenvalue weighted by Crippen LogP contribution is 2.21. The van der Waals surface area contributed by atoms with Gasteiger partial charge in [0.2, 0.25) is 0 Å². The van der Waals surface area contributed by atoms with Crippen molar-refractivity contribution in [2.24, 2.45) is 5.92 Å². The molecule has 1 rings (SSSR count). The summed E-state index contributed by atoms with van der Waals surface area (Å²) in [4.78, 5) is 0. The second-order valence-electron chi connectivity index (χ2n) is 3.81. The van der Waals surface area contributed by atoms with Crippen molar-refractivity contribution in [3.63, 3.8) is 0 Å². The Morgan fingerprint density at radius 3 is 3.00 bits per heavy atom. The minimum Gasteiger partial charge on any atom is -0.316 e. The van der Waals surface area contributed by atoms with Crippen LogP contribution in [0, 0.1) is 5.92 Å². The molecule has 0 saturated carbocycles. The van der Waals surface area contributed by atoms with E-state index >= 15 is 0 Å². The molecule has 1 atom stereocenters. The Kier molecular flexibility index (Phi) is 4.37. The van der Waals surface area contributed by atoms with Gasteiger partial charge in [-0.2, -0.15) is 0 Å². The van der Waals surface area contributed by atoms with Crippen LogP contribution in [0.4, 0.5) is 0 Å². The van der Waals surface area contributed by atoms with Crippen LogP contribution in [0.2, 0.25) is 0 Å². The lowest BCUT2D eigenvalue weighted by atomic mass is 9.89. The predicted octanol–water partition coefficient (Wildman–Crippen LogP) is 2.73. The summed E-state index contributed by atoms with van der Waals surface area (Å²) in [5.41, 5.74) is 1.48. The van der Waals surface area contributed by atoms with Gasteiger partial charge in [-0.25, -0.2) is 0 Å². The second-order valence-corrected chi connectivity index (χ2v) is 3.81. The summed E-state index contributed by atoms with van der Waals surface area (Å²) in [5, 5.41) is 3.43. The molecule has 0 bridgehead atoms. The summed E-state index contributed by atoms with van der Waals surface area (Å²) in [6, 6.07) is 0. The average Bonchev–Trinajstić information content (AvgIpc) is 2.09. The van der Waals surface area contributed by atoms with Crippen LogP contribution in [-0.2, 0) is 0 Å². The summed E-state index contributed by atoms with van der Waals surface area (Å²) < 4.78 is 0. The number of unbranched alkanes of at least 4 members (excludes halogenated alkanes) is 2. The van der Waals surface area contributed by atoms with Gasteiger partial charge in [0.15, 0.2) is 0 Å². The van der Waals surface area contributed by atoms with Crippen LogP contribution in [-0.4, -0.2) is 13.1 Å². The van der Waals surface area contributed by atoms with Crippen LogP contribution in [0.25, 0.3) is 0 Å². The molecule has 1 aliphatic heterocycles. The van der Waals surface area contributed by atoms with Gasteiger partial charge < -0.3 is 5.32 Å². The number of rotatable bonds is 4. The Hall–Kier alpha value is -0.300. The highest BCUT2D eigenvalue weighted by molar-refractivity contribution is 5.04. The summed E-state index contributed by atoms with van der Waals surface area (Å²) >= 11 is 0. The molecule has 1 aliphatic rings. The summed E-state index contributed by atoms with van der Waals surface area (Å²) in [6.07, 6.45) is 6.62. The maximum absolute atomic E-state index is 4.13. The highest BCUT2D eigenvalue weighted by Gasteiger charge is 2.15. The Bertz CT molecular complexity index is 140. The molecular formula is C11H21N. The molecule has 0 aliphatic carbocycles. The quantitative estimate of drug-likeness (QED) is 0.501. The molecular weight excluding hydrogens is 146 g/mol. The Balaban J connectivity index is 2.16. The third-order valence-electron chi connectivity index (χ3n) is 2.75. The first-order valence-corrected chi connectivity index (χ1v) is 5.23. The van der Waals surface area contributed by atoms with Gasteiger partial charge in [0.1, 0.15) is 0 Å². The predicted molar refractivity (Wildman–Crippen MR) is 54.3 cm³/mol. The maximum Gasteiger partial charge on any atom is 0.00169 e. The highest BCUT2D eigenvalue weighted by atomic mass is 14.9. The van der Waals surface area contributed by atoms with E-state index in [9.17, 15) is 0 Å². The number of hydrogen-bond acceptors (Lipinski definition) is 1. The van der Waals surface area contributed by atoms with E-state index in [4.69, 9.17) is 0 Å². The molecule has 0 aromatic heterocycles. The zero-order chi connectivity index (χ0) is 8.81. The van der Waals surface area contributed by atoms with Gasteiger partial charge in [-0.3, -0.25) is 0 Å². The van der Waals surface area contributed by atoms with E-state index in [1.165, 1.54) is 44.2 Å². The zero-order valence-corrected chi connectivity index (χ0v) is 8.23. The van der Waals surface area contributed by atoms with Crippen molar-refractivity contribution in [2.45, 2.75) is 39.0 Å². The summed E-state index contributed by atoms with van der Waals surface area (Å²) in [6.45, 7) is 8.70. The second kappa shape index (κ2) is 5.36. The average molecular weight is 167 g/mol. The molecule has 1 unspecified atom stereocenters. The molecule has 0 amide bonds. The Morgan fingerprint density at radius 2 is 2.33 bits per heavy atom. The molecule has 1 heterocycles. The molecule has 0 radical (unpaired) electrons. The lowest BCUT2D eigenvalue weighted by Crippen LogP contribution is -2.31. The smallest absolute Gasteiger partial charge is 0.00169 e. The fourth-order valence-electron chi connectivity index (χ4n) is 1.82. The third-order valence-corrected chi connectivity index (χ3v) is 2.75. The summed E-state index contributed by atoms with van der Waals surface area (Å²) in [7, 11) is 0. The molecule has 70 valence electrons. The first kappa shape index (κ1) is 9.79. The normalized spacial score (nSPS) is 24.4. The fourth-order valence-corrected chi connectivity index (χ4v) is 1.82.